The van der Waals surface area contributed by atoms with E-state index in [4.69, 9.17) is 11.6 Å². The molecule has 0 spiro atoms. The number of amides is 2. The Labute approximate surface area is 212 Å². The van der Waals surface area contributed by atoms with E-state index in [1.54, 1.807) is 42.5 Å². The molecule has 0 aliphatic rings. The normalized spacial score (nSPS) is 11.2. The van der Waals surface area contributed by atoms with Crippen LogP contribution in [0.5, 0.6) is 0 Å². The summed E-state index contributed by atoms with van der Waals surface area (Å²) in [4.78, 5) is 46.1. The molecule has 6 aromatic rings. The summed E-state index contributed by atoms with van der Waals surface area (Å²) < 4.78 is 4.58. The first-order chi connectivity index (χ1) is 17.9. The molecule has 10 nitrogen and oxygen atoms in total. The van der Waals surface area contributed by atoms with Crippen LogP contribution in [0, 0.1) is 0 Å². The lowest BCUT2D eigenvalue weighted by atomic mass is 10.1. The predicted octanol–water partition coefficient (Wildman–Crippen LogP) is 5.15. The second kappa shape index (κ2) is 8.85. The fourth-order valence-corrected chi connectivity index (χ4v) is 4.30. The van der Waals surface area contributed by atoms with E-state index in [2.05, 4.69) is 35.3 Å². The molecule has 0 aliphatic heterocycles. The number of carbonyl (C=O) groups is 2. The highest BCUT2D eigenvalue weighted by Gasteiger charge is 2.18. The number of para-hydroxylation sites is 2. The number of nitrogens with one attached hydrogen (secondary N) is 5. The monoisotopic (exact) mass is 512 g/mol. The summed E-state index contributed by atoms with van der Waals surface area (Å²) >= 11 is 6.10. The van der Waals surface area contributed by atoms with Crippen LogP contribution in [0.4, 0.5) is 11.4 Å². The number of rotatable bonds is 5. The Hall–Kier alpha value is -5.09. The number of aromatic nitrogens is 4. The van der Waals surface area contributed by atoms with Gasteiger partial charge in [-0.05, 0) is 42.5 Å². The van der Waals surface area contributed by atoms with Gasteiger partial charge < -0.3 is 20.6 Å². The van der Waals surface area contributed by atoms with Gasteiger partial charge in [0.25, 0.3) is 11.8 Å². The summed E-state index contributed by atoms with van der Waals surface area (Å²) in [6, 6.07) is 21.2. The van der Waals surface area contributed by atoms with Crippen molar-refractivity contribution in [2.75, 3.05) is 10.6 Å². The molecule has 0 fully saturated rings. The van der Waals surface area contributed by atoms with E-state index in [1.807, 2.05) is 30.3 Å². The van der Waals surface area contributed by atoms with Crippen molar-refractivity contribution in [2.45, 2.75) is 0 Å². The quantitative estimate of drug-likeness (QED) is 0.216. The predicted molar refractivity (Wildman–Crippen MR) is 140 cm³/mol. The molecule has 0 saturated carbocycles. The number of hydrogen-bond acceptors (Lipinski definition) is 5. The van der Waals surface area contributed by atoms with E-state index < -0.39 is 11.7 Å². The molecule has 0 aliphatic carbocycles. The number of fused-ring (bicyclic) bond motifs is 2. The van der Waals surface area contributed by atoms with Gasteiger partial charge in [0.15, 0.2) is 5.82 Å². The summed E-state index contributed by atoms with van der Waals surface area (Å²) in [5, 5.41) is 11.4. The van der Waals surface area contributed by atoms with Crippen LogP contribution in [0.2, 0.25) is 5.02 Å². The van der Waals surface area contributed by atoms with E-state index >= 15 is 0 Å². The van der Waals surface area contributed by atoms with Crippen LogP contribution >= 0.6 is 11.6 Å². The molecule has 0 atom stereocenters. The Morgan fingerprint density at radius 3 is 2.30 bits per heavy atom. The molecule has 37 heavy (non-hydrogen) atoms. The molecule has 3 heterocycles. The van der Waals surface area contributed by atoms with Crippen LogP contribution in [0.1, 0.15) is 21.0 Å². The average molecular weight is 513 g/mol. The minimum absolute atomic E-state index is 0.126. The van der Waals surface area contributed by atoms with Crippen LogP contribution < -0.4 is 16.4 Å². The minimum atomic E-state index is -0.732. The van der Waals surface area contributed by atoms with Crippen molar-refractivity contribution in [3.8, 4) is 11.4 Å². The average Bonchev–Trinajstić information content (AvgIpc) is 3.63. The Kier molecular flexibility index (Phi) is 5.35. The van der Waals surface area contributed by atoms with Crippen LogP contribution in [0.15, 0.2) is 82.1 Å². The zero-order valence-electron chi connectivity index (χ0n) is 18.9. The Morgan fingerprint density at radius 1 is 0.784 bits per heavy atom. The first-order valence-corrected chi connectivity index (χ1v) is 11.5. The van der Waals surface area contributed by atoms with Gasteiger partial charge in [-0.1, -0.05) is 47.1 Å². The Morgan fingerprint density at radius 2 is 1.51 bits per heavy atom. The fourth-order valence-electron chi connectivity index (χ4n) is 4.12. The highest BCUT2D eigenvalue weighted by Crippen LogP contribution is 2.30. The number of nitrogens with zero attached hydrogens (tertiary/aromatic N) is 1. The lowest BCUT2D eigenvalue weighted by Crippen LogP contribution is -2.14. The van der Waals surface area contributed by atoms with Crippen molar-refractivity contribution in [1.82, 2.24) is 20.1 Å². The van der Waals surface area contributed by atoms with Crippen molar-refractivity contribution in [3.63, 3.8) is 0 Å². The zero-order valence-corrected chi connectivity index (χ0v) is 19.6. The van der Waals surface area contributed by atoms with Crippen LogP contribution in [0.3, 0.4) is 0 Å². The van der Waals surface area contributed by atoms with E-state index in [1.165, 1.54) is 0 Å². The van der Waals surface area contributed by atoms with Gasteiger partial charge in [0.1, 0.15) is 11.4 Å². The summed E-state index contributed by atoms with van der Waals surface area (Å²) in [5.74, 6) is -1.36. The van der Waals surface area contributed by atoms with Crippen molar-refractivity contribution < 1.29 is 14.1 Å². The lowest BCUT2D eigenvalue weighted by Gasteiger charge is -2.09. The first-order valence-electron chi connectivity index (χ1n) is 11.1. The van der Waals surface area contributed by atoms with E-state index in [0.717, 1.165) is 16.3 Å². The first kappa shape index (κ1) is 22.4. The van der Waals surface area contributed by atoms with Crippen LogP contribution in [-0.4, -0.2) is 31.9 Å². The van der Waals surface area contributed by atoms with Gasteiger partial charge in [0, 0.05) is 26.9 Å². The van der Waals surface area contributed by atoms with E-state index in [0.29, 0.717) is 33.2 Å². The summed E-state index contributed by atoms with van der Waals surface area (Å²) in [6.07, 6.45) is 0. The van der Waals surface area contributed by atoms with Crippen LogP contribution in [0.25, 0.3) is 33.2 Å². The topological polar surface area (TPSA) is 149 Å². The number of anilines is 2. The Balaban J connectivity index is 1.28. The number of carbonyl (C=O) groups excluding carboxylic acids is 2. The summed E-state index contributed by atoms with van der Waals surface area (Å²) in [7, 11) is 0. The molecule has 182 valence electrons. The minimum Gasteiger partial charge on any atom is -0.351 e. The lowest BCUT2D eigenvalue weighted by molar-refractivity contribution is 0.101. The number of H-pyrrole nitrogens is 3. The number of benzene rings is 3. The molecule has 0 saturated heterocycles. The van der Waals surface area contributed by atoms with Gasteiger partial charge in [-0.2, -0.15) is 0 Å². The van der Waals surface area contributed by atoms with Gasteiger partial charge in [-0.15, -0.1) is 0 Å². The fraction of sp³-hybridized carbons (Fsp3) is 0. The summed E-state index contributed by atoms with van der Waals surface area (Å²) in [6.45, 7) is 0. The highest BCUT2D eigenvalue weighted by atomic mass is 35.5. The number of halogens is 1. The molecular weight excluding hydrogens is 496 g/mol. The Bertz CT molecular complexity index is 1850. The second-order valence-electron chi connectivity index (χ2n) is 8.26. The van der Waals surface area contributed by atoms with Crippen molar-refractivity contribution in [3.05, 3.63) is 99.8 Å². The SMILES string of the molecule is O=C(Nc1cccc2cc(C(=O)Nc3ccc(Cl)cc3-c3noc(=O)[nH]3)[nH]c12)c1cc2ccccc2[nH]1. The molecule has 0 bridgehead atoms. The van der Waals surface area contributed by atoms with Crippen molar-refractivity contribution >= 4 is 56.6 Å². The number of aromatic amines is 3. The van der Waals surface area contributed by atoms with Gasteiger partial charge in [-0.3, -0.25) is 19.1 Å². The van der Waals surface area contributed by atoms with Gasteiger partial charge >= 0.3 is 5.76 Å². The third kappa shape index (κ3) is 4.26. The van der Waals surface area contributed by atoms with Gasteiger partial charge in [-0.25, -0.2) is 4.79 Å². The largest absolute Gasteiger partial charge is 0.439 e. The summed E-state index contributed by atoms with van der Waals surface area (Å²) in [5.41, 5.74) is 3.41. The van der Waals surface area contributed by atoms with E-state index in [9.17, 15) is 14.4 Å². The maximum atomic E-state index is 13.1. The second-order valence-corrected chi connectivity index (χ2v) is 8.70. The molecule has 0 radical (unpaired) electrons. The van der Waals surface area contributed by atoms with Gasteiger partial charge in [0.2, 0.25) is 0 Å². The molecule has 3 aromatic carbocycles. The maximum absolute atomic E-state index is 13.1. The van der Waals surface area contributed by atoms with Crippen LogP contribution in [-0.2, 0) is 0 Å². The van der Waals surface area contributed by atoms with Crippen molar-refractivity contribution in [2.24, 2.45) is 0 Å². The smallest absolute Gasteiger partial charge is 0.351 e. The molecular formula is C26H17ClN6O4. The van der Waals surface area contributed by atoms with Crippen molar-refractivity contribution in [1.29, 1.82) is 0 Å². The molecule has 11 heteroatoms. The maximum Gasteiger partial charge on any atom is 0.439 e. The third-order valence-electron chi connectivity index (χ3n) is 5.85. The molecule has 0 unspecified atom stereocenters. The molecule has 6 rings (SSSR count). The molecule has 2 amide bonds. The molecule has 5 N–H and O–H groups in total. The number of hydrogen-bond donors (Lipinski definition) is 5. The van der Waals surface area contributed by atoms with Gasteiger partial charge in [0.05, 0.1) is 16.9 Å². The standard InChI is InChI=1S/C26H17ClN6O4/c27-15-8-9-18(16(12-15)23-32-26(36)37-33-23)30-25(35)21-11-14-5-3-7-19(22(14)29-21)31-24(34)20-10-13-4-1-2-6-17(13)28-20/h1-12,28-29H,(H,30,35)(H,31,34)(H,32,33,36). The molecule has 3 aromatic heterocycles. The third-order valence-corrected chi connectivity index (χ3v) is 6.08. The highest BCUT2D eigenvalue weighted by molar-refractivity contribution is 6.31. The van der Waals surface area contributed by atoms with E-state index in [-0.39, 0.29) is 17.4 Å². The zero-order chi connectivity index (χ0) is 25.5.